The summed E-state index contributed by atoms with van der Waals surface area (Å²) in [6, 6.07) is 0. The van der Waals surface area contributed by atoms with Gasteiger partial charge < -0.3 is 20.3 Å². The molecule has 0 aliphatic carbocycles. The van der Waals surface area contributed by atoms with Crippen LogP contribution in [0.2, 0.25) is 0 Å². The largest absolute Gasteiger partial charge is 0.383 e. The van der Waals surface area contributed by atoms with Crippen molar-refractivity contribution in [3.63, 3.8) is 0 Å². The second-order valence-corrected chi connectivity index (χ2v) is 6.94. The minimum atomic E-state index is 0.398. The number of nitrogens with zero attached hydrogens (tertiary/aromatic N) is 5. The van der Waals surface area contributed by atoms with E-state index in [1.165, 1.54) is 13.0 Å². The van der Waals surface area contributed by atoms with E-state index in [9.17, 15) is 0 Å². The molecule has 1 aliphatic rings. The molecule has 1 atom stereocenters. The summed E-state index contributed by atoms with van der Waals surface area (Å²) >= 11 is 0. The number of rotatable bonds is 9. The Morgan fingerprint density at radius 2 is 1.92 bits per heavy atom. The van der Waals surface area contributed by atoms with Crippen LogP contribution >= 0.6 is 0 Å². The van der Waals surface area contributed by atoms with Gasteiger partial charge in [0.25, 0.3) is 0 Å². The maximum atomic E-state index is 5.08. The van der Waals surface area contributed by atoms with Gasteiger partial charge in [-0.1, -0.05) is 13.8 Å². The fraction of sp³-hybridized carbons (Fsp3) is 0.750. The Labute approximate surface area is 147 Å². The molecular weight excluding hydrogens is 322 g/mol. The van der Waals surface area contributed by atoms with Gasteiger partial charge in [0, 0.05) is 33.3 Å². The minimum Gasteiger partial charge on any atom is -0.383 e. The smallest absolute Gasteiger partial charge is 0.245 e. The summed E-state index contributed by atoms with van der Waals surface area (Å²) < 4.78 is 9.80. The standard InChI is InChI=1S/C16H27N7O2/c1-11(2)9-23-6-4-12(10-23)8-18-14-13(17-5-7-24-3)19-15-16(20-14)22-25-21-15/h11-12H,4-10H2,1-3H3,(H,17,19,21)(H,18,20,22). The summed E-state index contributed by atoms with van der Waals surface area (Å²) in [5.41, 5.74) is 0.807. The molecule has 138 valence electrons. The van der Waals surface area contributed by atoms with Gasteiger partial charge in [0.15, 0.2) is 11.6 Å². The first-order valence-corrected chi connectivity index (χ1v) is 8.85. The van der Waals surface area contributed by atoms with Gasteiger partial charge in [-0.25, -0.2) is 14.6 Å². The molecule has 2 aromatic rings. The molecule has 0 bridgehead atoms. The third-order valence-corrected chi connectivity index (χ3v) is 4.26. The van der Waals surface area contributed by atoms with Crippen molar-refractivity contribution in [2.45, 2.75) is 20.3 Å². The molecule has 1 saturated heterocycles. The normalized spacial score (nSPS) is 18.3. The first kappa shape index (κ1) is 17.8. The summed E-state index contributed by atoms with van der Waals surface area (Å²) in [4.78, 5) is 11.5. The van der Waals surface area contributed by atoms with E-state index in [1.54, 1.807) is 7.11 Å². The Morgan fingerprint density at radius 3 is 2.60 bits per heavy atom. The summed E-state index contributed by atoms with van der Waals surface area (Å²) in [5, 5.41) is 14.2. The van der Waals surface area contributed by atoms with Gasteiger partial charge in [-0.15, -0.1) is 0 Å². The molecule has 1 aliphatic heterocycles. The number of methoxy groups -OCH3 is 1. The van der Waals surface area contributed by atoms with E-state index < -0.39 is 0 Å². The molecule has 3 rings (SSSR count). The fourth-order valence-corrected chi connectivity index (χ4v) is 3.16. The van der Waals surface area contributed by atoms with Crippen LogP contribution in [0.25, 0.3) is 11.3 Å². The number of ether oxygens (including phenoxy) is 1. The maximum Gasteiger partial charge on any atom is 0.245 e. The van der Waals surface area contributed by atoms with E-state index >= 15 is 0 Å². The van der Waals surface area contributed by atoms with Crippen molar-refractivity contribution >= 4 is 22.9 Å². The van der Waals surface area contributed by atoms with Gasteiger partial charge in [0.1, 0.15) is 0 Å². The van der Waals surface area contributed by atoms with Gasteiger partial charge in [0.05, 0.1) is 6.61 Å². The number of fused-ring (bicyclic) bond motifs is 1. The summed E-state index contributed by atoms with van der Waals surface area (Å²) in [5.74, 6) is 2.65. The topological polar surface area (TPSA) is 101 Å². The van der Waals surface area contributed by atoms with Crippen LogP contribution in [-0.2, 0) is 4.74 Å². The highest BCUT2D eigenvalue weighted by Gasteiger charge is 2.23. The van der Waals surface area contributed by atoms with Crippen LogP contribution in [-0.4, -0.2) is 71.6 Å². The van der Waals surface area contributed by atoms with Crippen molar-refractivity contribution < 1.29 is 9.37 Å². The Bertz CT molecular complexity index is 676. The number of likely N-dealkylation sites (tertiary alicyclic amines) is 1. The van der Waals surface area contributed by atoms with Crippen LogP contribution < -0.4 is 10.6 Å². The molecular formula is C16H27N7O2. The highest BCUT2D eigenvalue weighted by molar-refractivity contribution is 5.73. The Balaban J connectivity index is 1.62. The van der Waals surface area contributed by atoms with E-state index in [4.69, 9.17) is 9.37 Å². The van der Waals surface area contributed by atoms with E-state index in [2.05, 4.69) is 49.7 Å². The zero-order valence-corrected chi connectivity index (χ0v) is 15.2. The highest BCUT2D eigenvalue weighted by Crippen LogP contribution is 2.22. The SMILES string of the molecule is COCCNc1nc2nonc2nc1NCC1CCN(CC(C)C)C1. The molecule has 0 aromatic carbocycles. The molecule has 0 amide bonds. The third kappa shape index (κ3) is 4.76. The second kappa shape index (κ2) is 8.39. The molecule has 1 fully saturated rings. The zero-order valence-electron chi connectivity index (χ0n) is 15.2. The van der Waals surface area contributed by atoms with Crippen molar-refractivity contribution in [1.29, 1.82) is 0 Å². The van der Waals surface area contributed by atoms with Gasteiger partial charge in [-0.3, -0.25) is 0 Å². The molecule has 25 heavy (non-hydrogen) atoms. The lowest BCUT2D eigenvalue weighted by Gasteiger charge is -2.18. The monoisotopic (exact) mass is 349 g/mol. The van der Waals surface area contributed by atoms with Gasteiger partial charge >= 0.3 is 0 Å². The number of hydrogen-bond acceptors (Lipinski definition) is 9. The van der Waals surface area contributed by atoms with E-state index in [0.717, 1.165) is 19.6 Å². The van der Waals surface area contributed by atoms with Gasteiger partial charge in [0.2, 0.25) is 11.3 Å². The van der Waals surface area contributed by atoms with Crippen molar-refractivity contribution in [1.82, 2.24) is 25.2 Å². The first-order valence-electron chi connectivity index (χ1n) is 8.85. The van der Waals surface area contributed by atoms with E-state index in [0.29, 0.717) is 47.9 Å². The quantitative estimate of drug-likeness (QED) is 0.651. The molecule has 2 N–H and O–H groups in total. The number of aromatic nitrogens is 4. The number of anilines is 2. The molecule has 0 saturated carbocycles. The first-order chi connectivity index (χ1) is 12.2. The predicted octanol–water partition coefficient (Wildman–Crippen LogP) is 1.46. The Hall–Kier alpha value is -2.00. The van der Waals surface area contributed by atoms with Crippen LogP contribution in [0.5, 0.6) is 0 Å². The summed E-state index contributed by atoms with van der Waals surface area (Å²) in [7, 11) is 1.67. The maximum absolute atomic E-state index is 5.08. The average molecular weight is 349 g/mol. The van der Waals surface area contributed by atoms with Crippen LogP contribution in [0.4, 0.5) is 11.6 Å². The molecule has 2 aromatic heterocycles. The highest BCUT2D eigenvalue weighted by atomic mass is 16.6. The lowest BCUT2D eigenvalue weighted by molar-refractivity contribution is 0.210. The third-order valence-electron chi connectivity index (χ3n) is 4.26. The predicted molar refractivity (Wildman–Crippen MR) is 95.6 cm³/mol. The Morgan fingerprint density at radius 1 is 1.20 bits per heavy atom. The number of hydrogen-bond donors (Lipinski definition) is 2. The Kier molecular flexibility index (Phi) is 5.98. The van der Waals surface area contributed by atoms with Crippen LogP contribution in [0.3, 0.4) is 0 Å². The van der Waals surface area contributed by atoms with E-state index in [-0.39, 0.29) is 0 Å². The van der Waals surface area contributed by atoms with Crippen molar-refractivity contribution in [3.8, 4) is 0 Å². The average Bonchev–Trinajstić information content (AvgIpc) is 3.21. The van der Waals surface area contributed by atoms with Gasteiger partial charge in [-0.2, -0.15) is 0 Å². The van der Waals surface area contributed by atoms with Crippen molar-refractivity contribution in [3.05, 3.63) is 0 Å². The second-order valence-electron chi connectivity index (χ2n) is 6.94. The van der Waals surface area contributed by atoms with Crippen LogP contribution in [0.1, 0.15) is 20.3 Å². The van der Waals surface area contributed by atoms with Crippen LogP contribution in [0, 0.1) is 11.8 Å². The summed E-state index contributed by atoms with van der Waals surface area (Å²) in [6.07, 6.45) is 1.20. The van der Waals surface area contributed by atoms with Crippen LogP contribution in [0.15, 0.2) is 4.63 Å². The van der Waals surface area contributed by atoms with Crippen molar-refractivity contribution in [2.24, 2.45) is 11.8 Å². The lowest BCUT2D eigenvalue weighted by Crippen LogP contribution is -2.26. The van der Waals surface area contributed by atoms with Crippen molar-refractivity contribution in [2.75, 3.05) is 57.1 Å². The molecule has 9 nitrogen and oxygen atoms in total. The fourth-order valence-electron chi connectivity index (χ4n) is 3.16. The molecule has 1 unspecified atom stereocenters. The molecule has 0 spiro atoms. The molecule has 3 heterocycles. The zero-order chi connectivity index (χ0) is 17.6. The minimum absolute atomic E-state index is 0.398. The summed E-state index contributed by atoms with van der Waals surface area (Å²) in [6.45, 7) is 10.1. The van der Waals surface area contributed by atoms with E-state index in [1.807, 2.05) is 0 Å². The molecule has 0 radical (unpaired) electrons. The lowest BCUT2D eigenvalue weighted by atomic mass is 10.1. The molecule has 9 heteroatoms. The van der Waals surface area contributed by atoms with Gasteiger partial charge in [-0.05, 0) is 35.1 Å². The number of nitrogens with one attached hydrogen (secondary N) is 2.